The molecule has 0 spiro atoms. The Balaban J connectivity index is 1.41. The Morgan fingerprint density at radius 1 is 1.00 bits per heavy atom. The second-order valence-corrected chi connectivity index (χ2v) is 7.35. The molecule has 0 aliphatic carbocycles. The molecule has 1 fully saturated rings. The molecule has 6 heteroatoms. The van der Waals surface area contributed by atoms with Crippen molar-refractivity contribution in [2.45, 2.75) is 19.9 Å². The second-order valence-electron chi connectivity index (χ2n) is 6.97. The minimum absolute atomic E-state index is 0.0409. The van der Waals surface area contributed by atoms with E-state index in [4.69, 9.17) is 12.2 Å². The van der Waals surface area contributed by atoms with Crippen LogP contribution in [-0.2, 0) is 17.8 Å². The summed E-state index contributed by atoms with van der Waals surface area (Å²) in [5.41, 5.74) is 3.29. The predicted molar refractivity (Wildman–Crippen MR) is 118 cm³/mol. The zero-order valence-corrected chi connectivity index (χ0v) is 17.2. The number of amides is 1. The number of nitrogens with zero attached hydrogens (tertiary/aromatic N) is 2. The first-order valence-corrected chi connectivity index (χ1v) is 10.2. The van der Waals surface area contributed by atoms with Gasteiger partial charge in [0.15, 0.2) is 5.11 Å². The van der Waals surface area contributed by atoms with Gasteiger partial charge in [-0.2, -0.15) is 0 Å². The van der Waals surface area contributed by atoms with E-state index in [1.165, 1.54) is 5.56 Å². The molecule has 0 saturated carbocycles. The summed E-state index contributed by atoms with van der Waals surface area (Å²) in [5.74, 6) is 0.0409. The van der Waals surface area contributed by atoms with Crippen LogP contribution in [0.15, 0.2) is 54.6 Å². The summed E-state index contributed by atoms with van der Waals surface area (Å²) in [5, 5.41) is 7.16. The highest BCUT2D eigenvalue weighted by molar-refractivity contribution is 7.80. The first-order valence-electron chi connectivity index (χ1n) is 9.82. The molecule has 1 saturated heterocycles. The summed E-state index contributed by atoms with van der Waals surface area (Å²) in [6.45, 7) is 6.57. The molecule has 3 rings (SSSR count). The summed E-state index contributed by atoms with van der Waals surface area (Å²) in [4.78, 5) is 16.8. The van der Waals surface area contributed by atoms with Crippen molar-refractivity contribution in [2.24, 2.45) is 0 Å². The predicted octanol–water partition coefficient (Wildman–Crippen LogP) is 2.88. The molecule has 5 nitrogen and oxygen atoms in total. The van der Waals surface area contributed by atoms with E-state index >= 15 is 0 Å². The number of nitrogens with one attached hydrogen (secondary N) is 2. The number of thiocarbonyl (C=S) groups is 1. The smallest absolute Gasteiger partial charge is 0.238 e. The van der Waals surface area contributed by atoms with Crippen LogP contribution in [0.25, 0.3) is 0 Å². The minimum atomic E-state index is 0.0409. The van der Waals surface area contributed by atoms with Gasteiger partial charge in [0.25, 0.3) is 0 Å². The normalized spacial score (nSPS) is 14.5. The SMILES string of the molecule is CCc1ccccc1NC(=O)CN1CCN(C(=S)NCc2ccccc2)CC1. The molecule has 0 radical (unpaired) electrons. The molecular formula is C22H28N4OS. The number of carbonyl (C=O) groups excluding carboxylic acids is 1. The summed E-state index contributed by atoms with van der Waals surface area (Å²) in [6.07, 6.45) is 0.905. The number of anilines is 1. The Labute approximate surface area is 172 Å². The van der Waals surface area contributed by atoms with Crippen LogP contribution in [0.1, 0.15) is 18.1 Å². The van der Waals surface area contributed by atoms with Crippen molar-refractivity contribution in [1.29, 1.82) is 0 Å². The molecule has 28 heavy (non-hydrogen) atoms. The van der Waals surface area contributed by atoms with Crippen molar-refractivity contribution >= 4 is 28.9 Å². The fourth-order valence-electron chi connectivity index (χ4n) is 3.34. The minimum Gasteiger partial charge on any atom is -0.358 e. The number of aryl methyl sites for hydroxylation is 1. The van der Waals surface area contributed by atoms with Crippen molar-refractivity contribution in [3.05, 3.63) is 65.7 Å². The molecule has 2 aromatic carbocycles. The van der Waals surface area contributed by atoms with Crippen LogP contribution in [0.5, 0.6) is 0 Å². The Kier molecular flexibility index (Phi) is 7.39. The maximum Gasteiger partial charge on any atom is 0.238 e. The highest BCUT2D eigenvalue weighted by Crippen LogP contribution is 2.15. The summed E-state index contributed by atoms with van der Waals surface area (Å²) in [6, 6.07) is 18.2. The summed E-state index contributed by atoms with van der Waals surface area (Å²) < 4.78 is 0. The van der Waals surface area contributed by atoms with Crippen LogP contribution in [0.2, 0.25) is 0 Å². The average Bonchev–Trinajstić information content (AvgIpc) is 2.73. The summed E-state index contributed by atoms with van der Waals surface area (Å²) >= 11 is 5.53. The highest BCUT2D eigenvalue weighted by atomic mass is 32.1. The lowest BCUT2D eigenvalue weighted by Gasteiger charge is -2.35. The van der Waals surface area contributed by atoms with E-state index in [9.17, 15) is 4.79 Å². The van der Waals surface area contributed by atoms with Crippen LogP contribution >= 0.6 is 12.2 Å². The van der Waals surface area contributed by atoms with E-state index in [-0.39, 0.29) is 5.91 Å². The molecule has 1 heterocycles. The lowest BCUT2D eigenvalue weighted by Crippen LogP contribution is -2.52. The third-order valence-electron chi connectivity index (χ3n) is 4.99. The monoisotopic (exact) mass is 396 g/mol. The van der Waals surface area contributed by atoms with Gasteiger partial charge in [-0.3, -0.25) is 9.69 Å². The van der Waals surface area contributed by atoms with Gasteiger partial charge in [-0.05, 0) is 35.8 Å². The Morgan fingerprint density at radius 2 is 1.68 bits per heavy atom. The van der Waals surface area contributed by atoms with Gasteiger partial charge in [-0.25, -0.2) is 0 Å². The van der Waals surface area contributed by atoms with Gasteiger partial charge in [0.2, 0.25) is 5.91 Å². The molecule has 1 amide bonds. The zero-order chi connectivity index (χ0) is 19.8. The second kappa shape index (κ2) is 10.2. The molecule has 0 aromatic heterocycles. The summed E-state index contributed by atoms with van der Waals surface area (Å²) in [7, 11) is 0. The van der Waals surface area contributed by atoms with E-state index in [1.54, 1.807) is 0 Å². The Bertz CT molecular complexity index is 788. The molecule has 0 bridgehead atoms. The number of rotatable bonds is 6. The fraction of sp³-hybridized carbons (Fsp3) is 0.364. The van der Waals surface area contributed by atoms with Crippen molar-refractivity contribution < 1.29 is 4.79 Å². The number of carbonyl (C=O) groups is 1. The van der Waals surface area contributed by atoms with E-state index in [2.05, 4.69) is 45.6 Å². The first kappa shape index (κ1) is 20.3. The van der Waals surface area contributed by atoms with E-state index < -0.39 is 0 Å². The lowest BCUT2D eigenvalue weighted by molar-refractivity contribution is -0.117. The van der Waals surface area contributed by atoms with Crippen LogP contribution in [0.3, 0.4) is 0 Å². The van der Waals surface area contributed by atoms with Gasteiger partial charge in [0.1, 0.15) is 0 Å². The topological polar surface area (TPSA) is 47.6 Å². The Hall–Kier alpha value is -2.44. The Morgan fingerprint density at radius 3 is 2.39 bits per heavy atom. The quantitative estimate of drug-likeness (QED) is 0.736. The van der Waals surface area contributed by atoms with Gasteiger partial charge >= 0.3 is 0 Å². The maximum absolute atomic E-state index is 12.4. The average molecular weight is 397 g/mol. The molecule has 2 aromatic rings. The van der Waals surface area contributed by atoms with Crippen LogP contribution in [0, 0.1) is 0 Å². The first-order chi connectivity index (χ1) is 13.7. The van der Waals surface area contributed by atoms with Crippen molar-refractivity contribution in [3.8, 4) is 0 Å². The molecule has 1 aliphatic heterocycles. The number of benzene rings is 2. The lowest BCUT2D eigenvalue weighted by atomic mass is 10.1. The van der Waals surface area contributed by atoms with Gasteiger partial charge in [0.05, 0.1) is 6.54 Å². The standard InChI is InChI=1S/C22H28N4OS/c1-2-19-10-6-7-11-20(19)24-21(27)17-25-12-14-26(15-13-25)22(28)23-16-18-8-4-3-5-9-18/h3-11H,2,12-17H2,1H3,(H,23,28)(H,24,27). The third kappa shape index (κ3) is 5.78. The van der Waals surface area contributed by atoms with Crippen LogP contribution in [-0.4, -0.2) is 53.5 Å². The number of hydrogen-bond acceptors (Lipinski definition) is 3. The molecular weight excluding hydrogens is 368 g/mol. The largest absolute Gasteiger partial charge is 0.358 e. The van der Waals surface area contributed by atoms with Crippen LogP contribution < -0.4 is 10.6 Å². The van der Waals surface area contributed by atoms with Gasteiger partial charge in [-0.15, -0.1) is 0 Å². The zero-order valence-electron chi connectivity index (χ0n) is 16.4. The number of para-hydroxylation sites is 1. The maximum atomic E-state index is 12.4. The van der Waals surface area contributed by atoms with Crippen molar-refractivity contribution in [2.75, 3.05) is 38.0 Å². The van der Waals surface area contributed by atoms with Crippen molar-refractivity contribution in [1.82, 2.24) is 15.1 Å². The van der Waals surface area contributed by atoms with Gasteiger partial charge < -0.3 is 15.5 Å². The third-order valence-corrected chi connectivity index (χ3v) is 5.39. The van der Waals surface area contributed by atoms with E-state index in [1.807, 2.05) is 36.4 Å². The van der Waals surface area contributed by atoms with Gasteiger partial charge in [0, 0.05) is 38.4 Å². The van der Waals surface area contributed by atoms with E-state index in [0.717, 1.165) is 55.5 Å². The number of hydrogen-bond donors (Lipinski definition) is 2. The highest BCUT2D eigenvalue weighted by Gasteiger charge is 2.20. The molecule has 1 aliphatic rings. The molecule has 0 unspecified atom stereocenters. The molecule has 2 N–H and O–H groups in total. The van der Waals surface area contributed by atoms with Gasteiger partial charge in [-0.1, -0.05) is 55.5 Å². The molecule has 0 atom stereocenters. The van der Waals surface area contributed by atoms with Crippen molar-refractivity contribution in [3.63, 3.8) is 0 Å². The number of piperazine rings is 1. The van der Waals surface area contributed by atoms with E-state index in [0.29, 0.717) is 6.54 Å². The molecule has 148 valence electrons. The fourth-order valence-corrected chi connectivity index (χ4v) is 3.59. The van der Waals surface area contributed by atoms with Crippen LogP contribution in [0.4, 0.5) is 5.69 Å².